The molecule has 0 fully saturated rings. The van der Waals surface area contributed by atoms with Crippen molar-refractivity contribution in [2.24, 2.45) is 0 Å². The van der Waals surface area contributed by atoms with Crippen molar-refractivity contribution in [2.45, 2.75) is 38.1 Å². The van der Waals surface area contributed by atoms with Gasteiger partial charge in [-0.2, -0.15) is 0 Å². The molecule has 0 bridgehead atoms. The number of hydrogen-bond acceptors (Lipinski definition) is 6. The van der Waals surface area contributed by atoms with Crippen LogP contribution >= 0.6 is 11.3 Å². The van der Waals surface area contributed by atoms with Crippen molar-refractivity contribution in [3.63, 3.8) is 0 Å². The van der Waals surface area contributed by atoms with Crippen LogP contribution in [0.2, 0.25) is 0 Å². The lowest BCUT2D eigenvalue weighted by Crippen LogP contribution is -2.38. The Kier molecular flexibility index (Phi) is 8.07. The molecule has 1 heterocycles. The van der Waals surface area contributed by atoms with Gasteiger partial charge in [-0.25, -0.2) is 4.79 Å². The molecule has 1 rings (SSSR count). The monoisotopic (exact) mass is 360 g/mol. The number of hydrogen-bond donors (Lipinski definition) is 3. The summed E-state index contributed by atoms with van der Waals surface area (Å²) in [6.45, 7) is 9.51. The second-order valence-corrected chi connectivity index (χ2v) is 9.02. The van der Waals surface area contributed by atoms with Gasteiger partial charge in [0, 0.05) is 21.1 Å². The van der Waals surface area contributed by atoms with E-state index in [0.717, 1.165) is 9.75 Å². The van der Waals surface area contributed by atoms with Crippen LogP contribution in [0, 0.1) is 0 Å². The van der Waals surface area contributed by atoms with Crippen LogP contribution in [-0.2, 0) is 22.6 Å². The lowest BCUT2D eigenvalue weighted by molar-refractivity contribution is 0.146. The van der Waals surface area contributed by atoms with Crippen LogP contribution in [0.1, 0.15) is 36.6 Å². The summed E-state index contributed by atoms with van der Waals surface area (Å²) in [6, 6.07) is 3.18. The van der Waals surface area contributed by atoms with E-state index < -0.39 is 23.5 Å². The van der Waals surface area contributed by atoms with E-state index in [1.54, 1.807) is 0 Å². The highest BCUT2D eigenvalue weighted by atomic mass is 32.2. The van der Waals surface area contributed by atoms with Crippen LogP contribution in [-0.4, -0.2) is 33.7 Å². The van der Waals surface area contributed by atoms with Gasteiger partial charge in [-0.3, -0.25) is 0 Å². The molecule has 0 saturated carbocycles. The molecule has 130 valence electrons. The molecule has 0 aromatic carbocycles. The largest absolute Gasteiger partial charge is 0.598 e. The number of aliphatic hydroxyl groups excluding tert-OH is 1. The molecule has 0 aliphatic heterocycles. The van der Waals surface area contributed by atoms with Crippen molar-refractivity contribution in [1.82, 2.24) is 10.0 Å². The molecule has 1 amide bonds. The molecular weight excluding hydrogens is 336 g/mol. The van der Waals surface area contributed by atoms with Crippen molar-refractivity contribution >= 4 is 28.8 Å². The maximum atomic E-state index is 12.0. The van der Waals surface area contributed by atoms with Gasteiger partial charge in [-0.15, -0.1) is 16.1 Å². The molecule has 2 atom stereocenters. The summed E-state index contributed by atoms with van der Waals surface area (Å²) >= 11 is 0.291. The summed E-state index contributed by atoms with van der Waals surface area (Å²) in [6.07, 6.45) is 0.864. The summed E-state index contributed by atoms with van der Waals surface area (Å²) in [5.74, 6) is 0. The molecule has 0 unspecified atom stereocenters. The quantitative estimate of drug-likeness (QED) is 0.488. The minimum Gasteiger partial charge on any atom is -0.598 e. The first kappa shape index (κ1) is 20.0. The molecule has 3 N–H and O–H groups in total. The maximum absolute atomic E-state index is 12.0. The predicted octanol–water partition coefficient (Wildman–Crippen LogP) is 2.25. The van der Waals surface area contributed by atoms with Gasteiger partial charge in [0.2, 0.25) is 0 Å². The van der Waals surface area contributed by atoms with Crippen molar-refractivity contribution in [2.75, 3.05) is 13.2 Å². The zero-order valence-corrected chi connectivity index (χ0v) is 15.3. The van der Waals surface area contributed by atoms with E-state index in [0.29, 0.717) is 6.54 Å². The van der Waals surface area contributed by atoms with E-state index in [2.05, 4.69) is 16.6 Å². The van der Waals surface area contributed by atoms with Crippen molar-refractivity contribution < 1.29 is 19.2 Å². The predicted molar refractivity (Wildman–Crippen MR) is 93.6 cm³/mol. The fourth-order valence-electron chi connectivity index (χ4n) is 1.56. The standard InChI is InChI=1S/C15H24N2O4S2/c1-5-8-21-14(19)17-12(10-18)13-7-6-11(22-13)9-16-23(20)15(2,3)4/h5-7,12,16,18H,1,8-10H2,2-4H3,(H,17,19)/t12-,23-/m1/s1. The lowest BCUT2D eigenvalue weighted by Gasteiger charge is -2.23. The number of nitrogens with one attached hydrogen (secondary N) is 2. The highest BCUT2D eigenvalue weighted by Gasteiger charge is 2.26. The third-order valence-corrected chi connectivity index (χ3v) is 5.48. The Morgan fingerprint density at radius 3 is 2.83 bits per heavy atom. The molecule has 1 aromatic rings. The third kappa shape index (κ3) is 6.92. The summed E-state index contributed by atoms with van der Waals surface area (Å²) in [5, 5.41) is 12.0. The Morgan fingerprint density at radius 1 is 1.57 bits per heavy atom. The average molecular weight is 361 g/mol. The first-order valence-electron chi connectivity index (χ1n) is 7.17. The fourth-order valence-corrected chi connectivity index (χ4v) is 3.36. The summed E-state index contributed by atoms with van der Waals surface area (Å²) in [4.78, 5) is 13.3. The molecule has 0 aliphatic carbocycles. The normalized spacial score (nSPS) is 14.1. The summed E-state index contributed by atoms with van der Waals surface area (Å²) in [5.41, 5.74) is 0. The lowest BCUT2D eigenvalue weighted by atomic mass is 10.2. The fraction of sp³-hybridized carbons (Fsp3) is 0.533. The number of carbonyl (C=O) groups is 1. The highest BCUT2D eigenvalue weighted by Crippen LogP contribution is 2.24. The first-order chi connectivity index (χ1) is 10.8. The minimum atomic E-state index is -1.15. The van der Waals surface area contributed by atoms with Crippen LogP contribution in [0.3, 0.4) is 0 Å². The minimum absolute atomic E-state index is 0.113. The van der Waals surface area contributed by atoms with Gasteiger partial charge in [0.15, 0.2) is 0 Å². The summed E-state index contributed by atoms with van der Waals surface area (Å²) in [7, 11) is 0. The Hall–Kier alpha value is -1.06. The van der Waals surface area contributed by atoms with E-state index in [9.17, 15) is 14.5 Å². The Bertz CT molecular complexity index is 514. The number of carbonyl (C=O) groups excluding carboxylic acids is 1. The second-order valence-electron chi connectivity index (χ2n) is 5.77. The molecule has 0 radical (unpaired) electrons. The molecule has 6 nitrogen and oxygen atoms in total. The molecule has 0 saturated heterocycles. The summed E-state index contributed by atoms with van der Waals surface area (Å²) < 4.78 is 19.5. The van der Waals surface area contributed by atoms with Crippen LogP contribution < -0.4 is 10.0 Å². The van der Waals surface area contributed by atoms with E-state index in [1.165, 1.54) is 17.4 Å². The number of amides is 1. The van der Waals surface area contributed by atoms with E-state index in [4.69, 9.17) is 4.74 Å². The topological polar surface area (TPSA) is 93.7 Å². The van der Waals surface area contributed by atoms with Gasteiger partial charge >= 0.3 is 6.09 Å². The van der Waals surface area contributed by atoms with Gasteiger partial charge in [0.05, 0.1) is 19.2 Å². The number of thiophene rings is 1. The number of ether oxygens (including phenoxy) is 1. The number of alkyl carbamates (subject to hydrolysis) is 1. The highest BCUT2D eigenvalue weighted by molar-refractivity contribution is 7.90. The van der Waals surface area contributed by atoms with Gasteiger partial charge in [0.1, 0.15) is 11.4 Å². The maximum Gasteiger partial charge on any atom is 0.408 e. The molecule has 8 heteroatoms. The molecular formula is C15H24N2O4S2. The van der Waals surface area contributed by atoms with Gasteiger partial charge in [-0.05, 0) is 32.9 Å². The van der Waals surface area contributed by atoms with E-state index >= 15 is 0 Å². The van der Waals surface area contributed by atoms with Crippen molar-refractivity contribution in [3.05, 3.63) is 34.5 Å². The van der Waals surface area contributed by atoms with Crippen LogP contribution in [0.25, 0.3) is 0 Å². The molecule has 23 heavy (non-hydrogen) atoms. The average Bonchev–Trinajstić information content (AvgIpc) is 2.95. The van der Waals surface area contributed by atoms with Crippen LogP contribution in [0.4, 0.5) is 4.79 Å². The van der Waals surface area contributed by atoms with Gasteiger partial charge in [-0.1, -0.05) is 12.7 Å². The zero-order valence-electron chi connectivity index (χ0n) is 13.6. The Balaban J connectivity index is 2.59. The molecule has 0 aliphatic rings. The van der Waals surface area contributed by atoms with E-state index in [1.807, 2.05) is 32.9 Å². The van der Waals surface area contributed by atoms with Crippen molar-refractivity contribution in [3.8, 4) is 0 Å². The van der Waals surface area contributed by atoms with Gasteiger partial charge < -0.3 is 19.7 Å². The first-order valence-corrected chi connectivity index (χ1v) is 9.13. The zero-order chi connectivity index (χ0) is 17.5. The second kappa shape index (κ2) is 9.29. The van der Waals surface area contributed by atoms with E-state index in [-0.39, 0.29) is 18.0 Å². The Morgan fingerprint density at radius 2 is 2.26 bits per heavy atom. The Labute approximate surface area is 144 Å². The third-order valence-electron chi connectivity index (χ3n) is 2.77. The van der Waals surface area contributed by atoms with Crippen LogP contribution in [0.5, 0.6) is 0 Å². The van der Waals surface area contributed by atoms with Crippen LogP contribution in [0.15, 0.2) is 24.8 Å². The smallest absolute Gasteiger partial charge is 0.408 e. The van der Waals surface area contributed by atoms with Crippen molar-refractivity contribution in [1.29, 1.82) is 0 Å². The number of aliphatic hydroxyl groups is 1. The van der Waals surface area contributed by atoms with Gasteiger partial charge in [0.25, 0.3) is 0 Å². The molecule has 0 spiro atoms. The SMILES string of the molecule is C=CCOC(=O)N[C@H](CO)c1ccc(CN[S@+]([O-])C(C)(C)C)s1. The number of rotatable bonds is 8. The molecule has 1 aromatic heterocycles.